The zero-order valence-electron chi connectivity index (χ0n) is 23.8. The van der Waals surface area contributed by atoms with Gasteiger partial charge in [0.1, 0.15) is 28.9 Å². The van der Waals surface area contributed by atoms with Gasteiger partial charge in [0.25, 0.3) is 0 Å². The zero-order valence-corrected chi connectivity index (χ0v) is 24.6. The van der Waals surface area contributed by atoms with Gasteiger partial charge in [-0.15, -0.1) is 0 Å². The van der Waals surface area contributed by atoms with E-state index >= 15 is 0 Å². The molecule has 220 valence electrons. The average molecular weight is 595 g/mol. The summed E-state index contributed by atoms with van der Waals surface area (Å²) in [6.07, 6.45) is 1.77. The van der Waals surface area contributed by atoms with Crippen LogP contribution < -0.4 is 19.1 Å². The average Bonchev–Trinajstić information content (AvgIpc) is 2.91. The first-order valence-corrected chi connectivity index (χ1v) is 15.2. The van der Waals surface area contributed by atoms with Crippen molar-refractivity contribution in [2.45, 2.75) is 40.3 Å². The maximum atomic E-state index is 14.7. The molecule has 0 aliphatic carbocycles. The fraction of sp³-hybridized carbons (Fsp3) is 0.219. The van der Waals surface area contributed by atoms with Crippen molar-refractivity contribution in [1.82, 2.24) is 0 Å². The molecular weight excluding hydrogens is 562 g/mol. The molecule has 0 aliphatic heterocycles. The Morgan fingerprint density at radius 3 is 2.24 bits per heavy atom. The first kappa shape index (κ1) is 30.5. The van der Waals surface area contributed by atoms with Crippen molar-refractivity contribution in [1.29, 1.82) is 0 Å². The van der Waals surface area contributed by atoms with Gasteiger partial charge < -0.3 is 14.4 Å². The fourth-order valence-corrected chi connectivity index (χ4v) is 5.14. The Hall–Kier alpha value is -4.44. The number of hydrogen-bond donors (Lipinski definition) is 1. The van der Waals surface area contributed by atoms with Gasteiger partial charge in [0.15, 0.2) is 0 Å². The largest absolute Gasteiger partial charge is 0.457 e. The highest BCUT2D eigenvalue weighted by molar-refractivity contribution is 7.92. The van der Waals surface area contributed by atoms with Crippen LogP contribution in [0.4, 0.5) is 20.2 Å². The summed E-state index contributed by atoms with van der Waals surface area (Å²) in [5.74, 6) is -0.235. The molecule has 4 aromatic rings. The van der Waals surface area contributed by atoms with Crippen LogP contribution in [0, 0.1) is 18.6 Å². The molecule has 0 aromatic heterocycles. The molecule has 4 aromatic carbocycles. The highest BCUT2D eigenvalue weighted by Crippen LogP contribution is 2.32. The third kappa shape index (κ3) is 8.07. The summed E-state index contributed by atoms with van der Waals surface area (Å²) in [6.45, 7) is 5.54. The van der Waals surface area contributed by atoms with E-state index in [1.807, 2.05) is 36.1 Å². The molecule has 0 bridgehead atoms. The van der Waals surface area contributed by atoms with Crippen LogP contribution in [0.5, 0.6) is 17.2 Å². The SMILES string of the molecule is CCc1ccc(Oc2ccc(CN(Cc3ccc(F)cc3F)c3cccc(NS(C)(=O)=O)c3C)cc2)cc1OC(C)=O. The highest BCUT2D eigenvalue weighted by Gasteiger charge is 2.17. The number of anilines is 2. The van der Waals surface area contributed by atoms with Crippen molar-refractivity contribution in [3.05, 3.63) is 113 Å². The number of sulfonamides is 1. The van der Waals surface area contributed by atoms with Crippen molar-refractivity contribution >= 4 is 27.4 Å². The molecule has 0 saturated heterocycles. The number of aryl methyl sites for hydroxylation is 1. The number of carbonyl (C=O) groups excluding carboxylic acids is 1. The minimum atomic E-state index is -3.52. The van der Waals surface area contributed by atoms with Gasteiger partial charge >= 0.3 is 5.97 Å². The lowest BCUT2D eigenvalue weighted by Crippen LogP contribution is -2.24. The summed E-state index contributed by atoms with van der Waals surface area (Å²) >= 11 is 0. The third-order valence-electron chi connectivity index (χ3n) is 6.52. The monoisotopic (exact) mass is 594 g/mol. The lowest BCUT2D eigenvalue weighted by molar-refractivity contribution is -0.131. The Morgan fingerprint density at radius 2 is 1.60 bits per heavy atom. The fourth-order valence-electron chi connectivity index (χ4n) is 4.52. The molecule has 0 fully saturated rings. The van der Waals surface area contributed by atoms with Gasteiger partial charge in [0.05, 0.1) is 11.9 Å². The molecule has 4 rings (SSSR count). The molecule has 0 saturated carbocycles. The van der Waals surface area contributed by atoms with Gasteiger partial charge in [0.2, 0.25) is 10.0 Å². The Morgan fingerprint density at radius 1 is 0.905 bits per heavy atom. The van der Waals surface area contributed by atoms with Crippen molar-refractivity contribution < 1.29 is 31.5 Å². The second kappa shape index (κ2) is 13.0. The minimum absolute atomic E-state index is 0.107. The number of esters is 1. The summed E-state index contributed by atoms with van der Waals surface area (Å²) < 4.78 is 65.9. The highest BCUT2D eigenvalue weighted by atomic mass is 32.2. The number of nitrogens with zero attached hydrogens (tertiary/aromatic N) is 1. The molecule has 0 aliphatic rings. The van der Waals surface area contributed by atoms with E-state index in [1.54, 1.807) is 43.3 Å². The molecule has 0 heterocycles. The van der Waals surface area contributed by atoms with Crippen molar-refractivity contribution in [3.63, 3.8) is 0 Å². The van der Waals surface area contributed by atoms with Crippen LogP contribution in [-0.2, 0) is 34.3 Å². The number of halogens is 2. The Balaban J connectivity index is 1.61. The van der Waals surface area contributed by atoms with Crippen LogP contribution >= 0.6 is 0 Å². The normalized spacial score (nSPS) is 11.2. The summed E-state index contributed by atoms with van der Waals surface area (Å²) in [5, 5.41) is 0. The standard InChI is InChI=1S/C32H32F2N2O5S/c1-5-24-12-16-28(18-32(24)40-22(3)37)41-27-14-9-23(10-15-27)19-36(20-25-11-13-26(33)17-29(25)34)31-8-6-7-30(21(31)2)35-42(4,38)39/h6-18,35H,5,19-20H2,1-4H3. The maximum Gasteiger partial charge on any atom is 0.308 e. The molecule has 1 N–H and O–H groups in total. The van der Waals surface area contributed by atoms with Gasteiger partial charge in [-0.2, -0.15) is 0 Å². The summed E-state index contributed by atoms with van der Waals surface area (Å²) in [5.41, 5.74) is 3.79. The van der Waals surface area contributed by atoms with Gasteiger partial charge in [0, 0.05) is 43.4 Å². The van der Waals surface area contributed by atoms with E-state index in [2.05, 4.69) is 4.72 Å². The molecular formula is C32H32F2N2O5S. The Labute approximate surface area is 244 Å². The van der Waals surface area contributed by atoms with Crippen LogP contribution in [0.25, 0.3) is 0 Å². The lowest BCUT2D eigenvalue weighted by Gasteiger charge is -2.28. The van der Waals surface area contributed by atoms with Gasteiger partial charge in [-0.3, -0.25) is 9.52 Å². The molecule has 10 heteroatoms. The lowest BCUT2D eigenvalue weighted by atomic mass is 10.1. The number of nitrogens with one attached hydrogen (secondary N) is 1. The van der Waals surface area contributed by atoms with E-state index in [9.17, 15) is 22.0 Å². The van der Waals surface area contributed by atoms with E-state index < -0.39 is 27.6 Å². The van der Waals surface area contributed by atoms with Crippen LogP contribution in [0.1, 0.15) is 36.1 Å². The topological polar surface area (TPSA) is 84.9 Å². The molecule has 7 nitrogen and oxygen atoms in total. The Kier molecular flexibility index (Phi) is 9.47. The Bertz CT molecular complexity index is 1690. The number of ether oxygens (including phenoxy) is 2. The number of carbonyl (C=O) groups is 1. The predicted molar refractivity (Wildman–Crippen MR) is 160 cm³/mol. The van der Waals surface area contributed by atoms with E-state index in [0.29, 0.717) is 47.2 Å². The zero-order chi connectivity index (χ0) is 30.4. The van der Waals surface area contributed by atoms with Crippen molar-refractivity contribution in [3.8, 4) is 17.2 Å². The van der Waals surface area contributed by atoms with Gasteiger partial charge in [-0.05, 0) is 66.4 Å². The summed E-state index contributed by atoms with van der Waals surface area (Å²) in [7, 11) is -3.52. The number of rotatable bonds is 11. The van der Waals surface area contributed by atoms with Crippen molar-refractivity contribution in [2.24, 2.45) is 0 Å². The first-order chi connectivity index (χ1) is 19.9. The molecule has 0 unspecified atom stereocenters. The van der Waals surface area contributed by atoms with E-state index in [4.69, 9.17) is 9.47 Å². The van der Waals surface area contributed by atoms with E-state index in [1.165, 1.54) is 19.1 Å². The molecule has 0 amide bonds. The van der Waals surface area contributed by atoms with Crippen molar-refractivity contribution in [2.75, 3.05) is 15.9 Å². The molecule has 42 heavy (non-hydrogen) atoms. The molecule has 0 atom stereocenters. The minimum Gasteiger partial charge on any atom is -0.457 e. The van der Waals surface area contributed by atoms with Gasteiger partial charge in [-0.25, -0.2) is 17.2 Å². The molecule has 0 radical (unpaired) electrons. The van der Waals surface area contributed by atoms with Gasteiger partial charge in [-0.1, -0.05) is 37.3 Å². The van der Waals surface area contributed by atoms with Crippen LogP contribution in [0.15, 0.2) is 78.9 Å². The smallest absolute Gasteiger partial charge is 0.308 e. The number of hydrogen-bond acceptors (Lipinski definition) is 6. The summed E-state index contributed by atoms with van der Waals surface area (Å²) in [6, 6.07) is 21.3. The van der Waals surface area contributed by atoms with Crippen LogP contribution in [0.2, 0.25) is 0 Å². The second-order valence-corrected chi connectivity index (χ2v) is 11.6. The first-order valence-electron chi connectivity index (χ1n) is 13.3. The predicted octanol–water partition coefficient (Wildman–Crippen LogP) is 7.13. The van der Waals surface area contributed by atoms with E-state index in [0.717, 1.165) is 23.4 Å². The van der Waals surface area contributed by atoms with Crippen LogP contribution in [-0.4, -0.2) is 20.6 Å². The summed E-state index contributed by atoms with van der Waals surface area (Å²) in [4.78, 5) is 13.4. The number of benzene rings is 4. The molecule has 0 spiro atoms. The van der Waals surface area contributed by atoms with Crippen LogP contribution in [0.3, 0.4) is 0 Å². The van der Waals surface area contributed by atoms with E-state index in [-0.39, 0.29) is 12.1 Å². The second-order valence-electron chi connectivity index (χ2n) is 9.88. The maximum absolute atomic E-state index is 14.7. The third-order valence-corrected chi connectivity index (χ3v) is 7.11. The quantitative estimate of drug-likeness (QED) is 0.147.